The van der Waals surface area contributed by atoms with E-state index in [2.05, 4.69) is 235 Å². The molecule has 0 saturated carbocycles. The Bertz CT molecular complexity index is 3990. The maximum atomic E-state index is 5.27. The molecule has 0 N–H and O–H groups in total. The van der Waals surface area contributed by atoms with Crippen LogP contribution >= 0.6 is 0 Å². The topological polar surface area (TPSA) is 30.7 Å². The van der Waals surface area contributed by atoms with Gasteiger partial charge in [0.1, 0.15) is 0 Å². The second-order valence-corrected chi connectivity index (χ2v) is 17.3. The summed E-state index contributed by atoms with van der Waals surface area (Å²) in [6, 6.07) is 89.5. The summed E-state index contributed by atoms with van der Waals surface area (Å²) in [7, 11) is 0. The standard InChI is InChI=1S/C64H41N3/c1-4-15-42(16-5-1)44-27-29-46(30-28-44)59-41-60(66-64(65-59)47-19-8-3-9-20-47)49-34-38-57-58(39-49)53-22-11-10-21-52(53)56-25-14-24-51(63(56)57)48-33-37-55-54-23-12-13-26-61(54)67(62(55)40-48)50-35-31-45(32-36-50)43-17-6-2-7-18-43/h1-41H. The fraction of sp³-hybridized carbons (Fsp3) is 0. The van der Waals surface area contributed by atoms with Gasteiger partial charge >= 0.3 is 0 Å². The van der Waals surface area contributed by atoms with Crippen LogP contribution in [0.25, 0.3) is 127 Å². The van der Waals surface area contributed by atoms with E-state index in [1.165, 1.54) is 87.5 Å². The van der Waals surface area contributed by atoms with Crippen molar-refractivity contribution >= 4 is 54.1 Å². The van der Waals surface area contributed by atoms with Crippen LogP contribution in [0.1, 0.15) is 0 Å². The molecule has 13 rings (SSSR count). The summed E-state index contributed by atoms with van der Waals surface area (Å²) in [6.07, 6.45) is 0. The van der Waals surface area contributed by atoms with Crippen LogP contribution in [-0.2, 0) is 0 Å². The monoisotopic (exact) mass is 851 g/mol. The van der Waals surface area contributed by atoms with Crippen LogP contribution in [0.5, 0.6) is 0 Å². The van der Waals surface area contributed by atoms with Crippen molar-refractivity contribution in [2.75, 3.05) is 0 Å². The van der Waals surface area contributed by atoms with E-state index in [-0.39, 0.29) is 0 Å². The van der Waals surface area contributed by atoms with E-state index >= 15 is 0 Å². The van der Waals surface area contributed by atoms with Gasteiger partial charge in [0.05, 0.1) is 22.4 Å². The predicted octanol–water partition coefficient (Wildman–Crippen LogP) is 17.0. The summed E-state index contributed by atoms with van der Waals surface area (Å²) in [4.78, 5) is 10.4. The van der Waals surface area contributed by atoms with Crippen LogP contribution in [0.2, 0.25) is 0 Å². The molecule has 2 heterocycles. The normalized spacial score (nSPS) is 11.6. The average molecular weight is 852 g/mol. The molecule has 0 amide bonds. The van der Waals surface area contributed by atoms with Crippen molar-refractivity contribution in [3.8, 4) is 73.0 Å². The van der Waals surface area contributed by atoms with Gasteiger partial charge in [-0.3, -0.25) is 0 Å². The molecule has 13 aromatic rings. The fourth-order valence-corrected chi connectivity index (χ4v) is 10.2. The first-order valence-electron chi connectivity index (χ1n) is 22.9. The van der Waals surface area contributed by atoms with Gasteiger partial charge < -0.3 is 4.57 Å². The quantitative estimate of drug-likeness (QED) is 0.150. The number of rotatable bonds is 7. The van der Waals surface area contributed by atoms with Gasteiger partial charge in [-0.05, 0) is 102 Å². The number of hydrogen-bond donors (Lipinski definition) is 0. The van der Waals surface area contributed by atoms with E-state index in [4.69, 9.17) is 9.97 Å². The van der Waals surface area contributed by atoms with E-state index in [1.54, 1.807) is 0 Å². The first kappa shape index (κ1) is 38.5. The Balaban J connectivity index is 0.982. The van der Waals surface area contributed by atoms with Crippen molar-refractivity contribution in [2.24, 2.45) is 0 Å². The van der Waals surface area contributed by atoms with Crippen molar-refractivity contribution < 1.29 is 0 Å². The van der Waals surface area contributed by atoms with Gasteiger partial charge in [-0.2, -0.15) is 0 Å². The summed E-state index contributed by atoms with van der Waals surface area (Å²) in [5.41, 5.74) is 15.5. The zero-order chi connectivity index (χ0) is 44.3. The Morgan fingerprint density at radius 1 is 0.254 bits per heavy atom. The second-order valence-electron chi connectivity index (χ2n) is 17.3. The van der Waals surface area contributed by atoms with Gasteiger partial charge in [0.15, 0.2) is 5.82 Å². The third-order valence-corrected chi connectivity index (χ3v) is 13.4. The van der Waals surface area contributed by atoms with Crippen molar-refractivity contribution in [1.29, 1.82) is 0 Å². The highest BCUT2D eigenvalue weighted by Gasteiger charge is 2.19. The van der Waals surface area contributed by atoms with Gasteiger partial charge in [0, 0.05) is 33.2 Å². The lowest BCUT2D eigenvalue weighted by Crippen LogP contribution is -1.96. The molecule has 3 nitrogen and oxygen atoms in total. The van der Waals surface area contributed by atoms with E-state index in [0.717, 1.165) is 33.8 Å². The van der Waals surface area contributed by atoms with Crippen LogP contribution in [0.4, 0.5) is 0 Å². The van der Waals surface area contributed by atoms with E-state index < -0.39 is 0 Å². The number of benzene rings is 11. The van der Waals surface area contributed by atoms with E-state index in [9.17, 15) is 0 Å². The number of nitrogens with zero attached hydrogens (tertiary/aromatic N) is 3. The molecular formula is C64H41N3. The number of fused-ring (bicyclic) bond motifs is 9. The van der Waals surface area contributed by atoms with Gasteiger partial charge in [-0.25, -0.2) is 9.97 Å². The molecule has 0 aliphatic carbocycles. The van der Waals surface area contributed by atoms with Crippen LogP contribution in [0.15, 0.2) is 249 Å². The average Bonchev–Trinajstić information content (AvgIpc) is 3.75. The summed E-state index contributed by atoms with van der Waals surface area (Å²) in [6.45, 7) is 0. The van der Waals surface area contributed by atoms with Gasteiger partial charge in [0.2, 0.25) is 0 Å². The van der Waals surface area contributed by atoms with Crippen molar-refractivity contribution in [2.45, 2.75) is 0 Å². The first-order chi connectivity index (χ1) is 33.2. The summed E-state index contributed by atoms with van der Waals surface area (Å²) < 4.78 is 2.42. The highest BCUT2D eigenvalue weighted by Crippen LogP contribution is 2.43. The van der Waals surface area contributed by atoms with Crippen LogP contribution in [0.3, 0.4) is 0 Å². The number of para-hydroxylation sites is 1. The lowest BCUT2D eigenvalue weighted by Gasteiger charge is -2.16. The Morgan fingerprint density at radius 2 is 0.716 bits per heavy atom. The third-order valence-electron chi connectivity index (χ3n) is 13.4. The van der Waals surface area contributed by atoms with Crippen molar-refractivity contribution in [3.05, 3.63) is 249 Å². The Labute approximate surface area is 388 Å². The first-order valence-corrected chi connectivity index (χ1v) is 22.9. The molecule has 312 valence electrons. The highest BCUT2D eigenvalue weighted by atomic mass is 15.0. The minimum Gasteiger partial charge on any atom is -0.309 e. The molecule has 67 heavy (non-hydrogen) atoms. The Morgan fingerprint density at radius 3 is 1.40 bits per heavy atom. The lowest BCUT2D eigenvalue weighted by molar-refractivity contribution is 1.18. The SMILES string of the molecule is c1ccc(-c2ccc(-c3cc(-c4ccc5c(c4)c4ccccc4c4cccc(-c6ccc7c8ccccc8n(-c8ccc(-c9ccccc9)cc8)c7c6)c45)nc(-c4ccccc4)n3)cc2)cc1. The molecule has 2 aromatic heterocycles. The zero-order valence-electron chi connectivity index (χ0n) is 36.5. The molecule has 0 aliphatic heterocycles. The van der Waals surface area contributed by atoms with Crippen LogP contribution in [0, 0.1) is 0 Å². The molecule has 0 fully saturated rings. The molecule has 0 unspecified atom stereocenters. The molecule has 0 saturated heterocycles. The largest absolute Gasteiger partial charge is 0.309 e. The van der Waals surface area contributed by atoms with Gasteiger partial charge in [0.25, 0.3) is 0 Å². The van der Waals surface area contributed by atoms with Gasteiger partial charge in [-0.1, -0.05) is 212 Å². The lowest BCUT2D eigenvalue weighted by atomic mass is 9.88. The fourth-order valence-electron chi connectivity index (χ4n) is 10.2. The molecular weight excluding hydrogens is 811 g/mol. The molecule has 0 radical (unpaired) electrons. The molecule has 11 aromatic carbocycles. The minimum absolute atomic E-state index is 0.700. The minimum atomic E-state index is 0.700. The van der Waals surface area contributed by atoms with Gasteiger partial charge in [-0.15, -0.1) is 0 Å². The number of aromatic nitrogens is 3. The van der Waals surface area contributed by atoms with E-state index in [1.807, 2.05) is 18.2 Å². The molecule has 0 atom stereocenters. The molecule has 0 bridgehead atoms. The Kier molecular flexibility index (Phi) is 9.17. The van der Waals surface area contributed by atoms with Crippen molar-refractivity contribution in [1.82, 2.24) is 14.5 Å². The summed E-state index contributed by atoms with van der Waals surface area (Å²) in [5, 5.41) is 9.79. The maximum absolute atomic E-state index is 5.27. The zero-order valence-corrected chi connectivity index (χ0v) is 36.5. The summed E-state index contributed by atoms with van der Waals surface area (Å²) in [5.74, 6) is 0.700. The van der Waals surface area contributed by atoms with Crippen LogP contribution in [-0.4, -0.2) is 14.5 Å². The van der Waals surface area contributed by atoms with E-state index in [0.29, 0.717) is 5.82 Å². The summed E-state index contributed by atoms with van der Waals surface area (Å²) >= 11 is 0. The van der Waals surface area contributed by atoms with Crippen molar-refractivity contribution in [3.63, 3.8) is 0 Å². The highest BCUT2D eigenvalue weighted by molar-refractivity contribution is 6.29. The molecule has 0 aliphatic rings. The third kappa shape index (κ3) is 6.67. The maximum Gasteiger partial charge on any atom is 0.160 e. The molecule has 0 spiro atoms. The van der Waals surface area contributed by atoms with Crippen LogP contribution < -0.4 is 0 Å². The second kappa shape index (κ2) is 16.0. The Hall–Kier alpha value is -8.92. The smallest absolute Gasteiger partial charge is 0.160 e. The molecule has 3 heteroatoms. The number of hydrogen-bond acceptors (Lipinski definition) is 2. The predicted molar refractivity (Wildman–Crippen MR) is 282 cm³/mol.